The molecule has 2 nitrogen and oxygen atoms in total. The monoisotopic (exact) mass is 506 g/mol. The minimum Gasteiger partial charge on any atom is -0.316 e. The Kier molecular flexibility index (Phi) is 8.36. The van der Waals surface area contributed by atoms with Gasteiger partial charge in [0, 0.05) is 0 Å². The molecule has 0 aromatic rings. The first-order valence-corrected chi connectivity index (χ1v) is 13.1. The van der Waals surface area contributed by atoms with E-state index in [2.05, 4.69) is 59.6 Å². The van der Waals surface area contributed by atoms with E-state index in [0.29, 0.717) is 11.8 Å². The van der Waals surface area contributed by atoms with Crippen LogP contribution in [-0.4, -0.2) is 8.90 Å². The zero-order valence-electron chi connectivity index (χ0n) is 18.3. The molecule has 0 aromatic heterocycles. The van der Waals surface area contributed by atoms with Crippen LogP contribution in [0.15, 0.2) is 0 Å². The molecular weight excluding hydrogens is 464 g/mol. The summed E-state index contributed by atoms with van der Waals surface area (Å²) in [6, 6.07) is 0. The van der Waals surface area contributed by atoms with Crippen LogP contribution in [-0.2, 0) is 0 Å². The summed E-state index contributed by atoms with van der Waals surface area (Å²) in [5.74, 6) is 1.01. The number of hydrogen-bond donors (Lipinski definition) is 2. The van der Waals surface area contributed by atoms with E-state index in [1.807, 2.05) is 0 Å². The molecule has 6 unspecified atom stereocenters. The number of alkyl halides is 2. The highest BCUT2D eigenvalue weighted by molar-refractivity contribution is 9.10. The molecule has 4 N–H and O–H groups in total. The van der Waals surface area contributed by atoms with E-state index in [9.17, 15) is 0 Å². The van der Waals surface area contributed by atoms with Crippen molar-refractivity contribution >= 4 is 31.9 Å². The van der Waals surface area contributed by atoms with Gasteiger partial charge in [-0.15, -0.1) is 0 Å². The topological polar surface area (TPSA) is 52.0 Å². The van der Waals surface area contributed by atoms with Crippen molar-refractivity contribution in [2.24, 2.45) is 34.1 Å². The summed E-state index contributed by atoms with van der Waals surface area (Å²) >= 11 is 8.14. The van der Waals surface area contributed by atoms with Gasteiger partial charge in [-0.1, -0.05) is 98.1 Å². The zero-order chi connectivity index (χ0) is 20.3. The number of hydrogen-bond acceptors (Lipinski definition) is 2. The third-order valence-electron chi connectivity index (χ3n) is 8.33. The molecule has 2 rings (SSSR count). The van der Waals surface area contributed by atoms with E-state index in [1.54, 1.807) is 0 Å². The highest BCUT2D eigenvalue weighted by Crippen LogP contribution is 2.58. The van der Waals surface area contributed by atoms with Crippen LogP contribution < -0.4 is 11.5 Å². The third-order valence-corrected chi connectivity index (χ3v) is 11.5. The fraction of sp³-hybridized carbons (Fsp3) is 1.00. The lowest BCUT2D eigenvalue weighted by atomic mass is 9.59. The summed E-state index contributed by atoms with van der Waals surface area (Å²) in [5.41, 5.74) is 14.5. The molecule has 27 heavy (non-hydrogen) atoms. The maximum Gasteiger partial charge on any atom is 0.0800 e. The van der Waals surface area contributed by atoms with Gasteiger partial charge < -0.3 is 11.5 Å². The van der Waals surface area contributed by atoms with Crippen molar-refractivity contribution in [3.8, 4) is 0 Å². The standard InChI is InChI=1S/C23H44Br2N2/c1-5-7-13-20(3)15-9-11-18(22(20,24)26)17-19-12-10-16-21(4,14-8-6-2)23(19,25)27/h18-19H,5-17,26-27H2,1-4H3. The van der Waals surface area contributed by atoms with Gasteiger partial charge in [0.25, 0.3) is 0 Å². The number of halogens is 2. The van der Waals surface area contributed by atoms with E-state index in [0.717, 1.165) is 6.42 Å². The number of nitrogens with two attached hydrogens (primary N) is 2. The van der Waals surface area contributed by atoms with E-state index < -0.39 is 0 Å². The predicted molar refractivity (Wildman–Crippen MR) is 126 cm³/mol. The summed E-state index contributed by atoms with van der Waals surface area (Å²) in [6.07, 6.45) is 16.2. The van der Waals surface area contributed by atoms with Crippen molar-refractivity contribution in [2.75, 3.05) is 0 Å². The highest BCUT2D eigenvalue weighted by atomic mass is 79.9. The Labute approximate surface area is 185 Å². The van der Waals surface area contributed by atoms with Gasteiger partial charge in [-0.05, 0) is 67.6 Å². The Balaban J connectivity index is 2.16. The molecule has 0 radical (unpaired) electrons. The van der Waals surface area contributed by atoms with Gasteiger partial charge in [0.2, 0.25) is 0 Å². The largest absolute Gasteiger partial charge is 0.316 e. The van der Waals surface area contributed by atoms with Gasteiger partial charge in [-0.2, -0.15) is 0 Å². The van der Waals surface area contributed by atoms with Gasteiger partial charge >= 0.3 is 0 Å². The smallest absolute Gasteiger partial charge is 0.0800 e. The lowest BCUT2D eigenvalue weighted by Crippen LogP contribution is -2.60. The lowest BCUT2D eigenvalue weighted by molar-refractivity contribution is 0.0336. The molecule has 0 aliphatic heterocycles. The zero-order valence-corrected chi connectivity index (χ0v) is 21.4. The molecule has 160 valence electrons. The molecule has 6 atom stereocenters. The molecule has 2 aliphatic rings. The predicted octanol–water partition coefficient (Wildman–Crippen LogP) is 7.47. The Morgan fingerprint density at radius 3 is 1.48 bits per heavy atom. The Morgan fingerprint density at radius 2 is 1.15 bits per heavy atom. The number of rotatable bonds is 8. The maximum atomic E-state index is 7.06. The van der Waals surface area contributed by atoms with Gasteiger partial charge in [0.1, 0.15) is 0 Å². The van der Waals surface area contributed by atoms with Crippen LogP contribution in [0.1, 0.15) is 111 Å². The van der Waals surface area contributed by atoms with Crippen LogP contribution >= 0.6 is 31.9 Å². The molecule has 4 heteroatoms. The Hall–Kier alpha value is 0.880. The molecule has 0 aromatic carbocycles. The minimum absolute atomic E-state index is 0.190. The van der Waals surface area contributed by atoms with Gasteiger partial charge in [-0.3, -0.25) is 0 Å². The second kappa shape index (κ2) is 9.35. The van der Waals surface area contributed by atoms with Crippen molar-refractivity contribution in [3.63, 3.8) is 0 Å². The van der Waals surface area contributed by atoms with E-state index >= 15 is 0 Å². The van der Waals surface area contributed by atoms with Crippen LogP contribution in [0.4, 0.5) is 0 Å². The van der Waals surface area contributed by atoms with Crippen molar-refractivity contribution in [2.45, 2.75) is 120 Å². The molecule has 0 saturated heterocycles. The van der Waals surface area contributed by atoms with Crippen molar-refractivity contribution in [1.82, 2.24) is 0 Å². The van der Waals surface area contributed by atoms with E-state index in [4.69, 9.17) is 11.5 Å². The molecular formula is C23H44Br2N2. The molecule has 2 saturated carbocycles. The molecule has 0 bridgehead atoms. The van der Waals surface area contributed by atoms with Crippen molar-refractivity contribution < 1.29 is 0 Å². The van der Waals surface area contributed by atoms with Gasteiger partial charge in [-0.25, -0.2) is 0 Å². The normalized spacial score (nSPS) is 45.8. The average Bonchev–Trinajstić information content (AvgIpc) is 2.60. The van der Waals surface area contributed by atoms with E-state index in [1.165, 1.54) is 77.0 Å². The quantitative estimate of drug-likeness (QED) is 0.264. The number of unbranched alkanes of at least 4 members (excludes halogenated alkanes) is 2. The fourth-order valence-electron chi connectivity index (χ4n) is 5.96. The molecule has 2 aliphatic carbocycles. The second-order valence-electron chi connectivity index (χ2n) is 10.3. The fourth-order valence-corrected chi connectivity index (χ4v) is 7.58. The summed E-state index contributed by atoms with van der Waals surface area (Å²) in [6.45, 7) is 9.39. The van der Waals surface area contributed by atoms with Gasteiger partial charge in [0.05, 0.1) is 8.90 Å². The summed E-state index contributed by atoms with van der Waals surface area (Å²) in [4.78, 5) is 0. The van der Waals surface area contributed by atoms with Crippen LogP contribution in [0, 0.1) is 22.7 Å². The summed E-state index contributed by atoms with van der Waals surface area (Å²) in [7, 11) is 0. The lowest BCUT2D eigenvalue weighted by Gasteiger charge is -2.56. The molecule has 0 amide bonds. The van der Waals surface area contributed by atoms with Crippen LogP contribution in [0.25, 0.3) is 0 Å². The van der Waals surface area contributed by atoms with Crippen molar-refractivity contribution in [1.29, 1.82) is 0 Å². The second-order valence-corrected chi connectivity index (χ2v) is 12.9. The third kappa shape index (κ3) is 4.80. The first-order chi connectivity index (χ1) is 12.5. The first-order valence-electron chi connectivity index (χ1n) is 11.5. The van der Waals surface area contributed by atoms with E-state index in [-0.39, 0.29) is 19.7 Å². The maximum absolute atomic E-state index is 7.06. The summed E-state index contributed by atoms with van der Waals surface area (Å²) < 4.78 is -0.540. The van der Waals surface area contributed by atoms with Crippen molar-refractivity contribution in [3.05, 3.63) is 0 Å². The molecule has 0 spiro atoms. The van der Waals surface area contributed by atoms with Crippen LogP contribution in [0.3, 0.4) is 0 Å². The Morgan fingerprint density at radius 1 is 0.778 bits per heavy atom. The molecule has 0 heterocycles. The molecule has 2 fully saturated rings. The summed E-state index contributed by atoms with van der Waals surface area (Å²) in [5, 5.41) is 0. The Bertz CT molecular complexity index is 437. The highest BCUT2D eigenvalue weighted by Gasteiger charge is 2.55. The SMILES string of the molecule is CCCCC1(C)CCCC(CC2CCCC(C)(CCCC)C2(N)Br)C1(N)Br. The minimum atomic E-state index is -0.270. The first kappa shape index (κ1) is 24.2. The average molecular weight is 508 g/mol. The van der Waals surface area contributed by atoms with Crippen LogP contribution in [0.2, 0.25) is 0 Å². The van der Waals surface area contributed by atoms with Crippen LogP contribution in [0.5, 0.6) is 0 Å². The van der Waals surface area contributed by atoms with Gasteiger partial charge in [0.15, 0.2) is 0 Å².